The van der Waals surface area contributed by atoms with E-state index in [2.05, 4.69) is 9.71 Å². The van der Waals surface area contributed by atoms with Crippen molar-refractivity contribution in [1.29, 1.82) is 0 Å². The summed E-state index contributed by atoms with van der Waals surface area (Å²) in [5, 5.41) is 0. The fraction of sp³-hybridized carbons (Fsp3) is 0.688. The lowest BCUT2D eigenvalue weighted by Crippen LogP contribution is -2.35. The van der Waals surface area contributed by atoms with Crippen LogP contribution in [0.4, 0.5) is 0 Å². The molecule has 1 heterocycles. The number of aryl methyl sites for hydroxylation is 1. The molecular formula is C16H26N2O2S. The first-order valence-corrected chi connectivity index (χ1v) is 8.69. The monoisotopic (exact) mass is 310 g/mol. The molecule has 1 saturated carbocycles. The molecule has 4 nitrogen and oxygen atoms in total. The number of pyridine rings is 1. The van der Waals surface area contributed by atoms with Crippen molar-refractivity contribution in [3.05, 3.63) is 23.5 Å². The Hall–Kier alpha value is -0.940. The van der Waals surface area contributed by atoms with Crippen LogP contribution in [0.1, 0.15) is 57.8 Å². The Morgan fingerprint density at radius 2 is 2.14 bits per heavy atom. The van der Waals surface area contributed by atoms with Crippen molar-refractivity contribution in [2.45, 2.75) is 58.2 Å². The van der Waals surface area contributed by atoms with E-state index >= 15 is 0 Å². The zero-order valence-corrected chi connectivity index (χ0v) is 14.4. The minimum Gasteiger partial charge on any atom is -0.491 e. The van der Waals surface area contributed by atoms with E-state index in [9.17, 15) is 4.21 Å². The fourth-order valence-electron chi connectivity index (χ4n) is 1.84. The maximum atomic E-state index is 12.1. The van der Waals surface area contributed by atoms with Crippen LogP contribution in [-0.4, -0.2) is 20.5 Å². The smallest absolute Gasteiger partial charge is 0.140 e. The van der Waals surface area contributed by atoms with Crippen molar-refractivity contribution >= 4 is 11.0 Å². The summed E-state index contributed by atoms with van der Waals surface area (Å²) in [6.45, 7) is 10.7. The van der Waals surface area contributed by atoms with Crippen molar-refractivity contribution in [1.82, 2.24) is 9.71 Å². The Labute approximate surface area is 130 Å². The quantitative estimate of drug-likeness (QED) is 0.877. The molecule has 0 spiro atoms. The van der Waals surface area contributed by atoms with Gasteiger partial charge in [0.1, 0.15) is 5.75 Å². The highest BCUT2D eigenvalue weighted by atomic mass is 32.2. The largest absolute Gasteiger partial charge is 0.491 e. The van der Waals surface area contributed by atoms with Crippen molar-refractivity contribution in [3.63, 3.8) is 0 Å². The number of hydrogen-bond acceptors (Lipinski definition) is 3. The zero-order chi connectivity index (χ0) is 15.6. The number of ether oxygens (including phenoxy) is 1. The first-order chi connectivity index (χ1) is 9.77. The van der Waals surface area contributed by atoms with E-state index in [-0.39, 0.29) is 10.8 Å². The maximum absolute atomic E-state index is 12.1. The van der Waals surface area contributed by atoms with E-state index in [1.807, 2.05) is 40.7 Å². The van der Waals surface area contributed by atoms with E-state index in [1.54, 1.807) is 6.20 Å². The van der Waals surface area contributed by atoms with Gasteiger partial charge in [-0.05, 0) is 65.0 Å². The summed E-state index contributed by atoms with van der Waals surface area (Å²) in [4.78, 5) is 4.45. The topological polar surface area (TPSA) is 51.2 Å². The van der Waals surface area contributed by atoms with E-state index in [1.165, 1.54) is 12.8 Å². The summed E-state index contributed by atoms with van der Waals surface area (Å²) in [6, 6.07) is 1.96. The van der Waals surface area contributed by atoms with Crippen molar-refractivity contribution in [2.24, 2.45) is 5.92 Å². The van der Waals surface area contributed by atoms with Crippen LogP contribution < -0.4 is 9.46 Å². The lowest BCUT2D eigenvalue weighted by Gasteiger charge is -2.22. The van der Waals surface area contributed by atoms with Crippen LogP contribution in [0.15, 0.2) is 12.3 Å². The zero-order valence-electron chi connectivity index (χ0n) is 13.6. The predicted molar refractivity (Wildman–Crippen MR) is 86.6 cm³/mol. The second-order valence-electron chi connectivity index (χ2n) is 6.85. The van der Waals surface area contributed by atoms with Crippen LogP contribution in [0.25, 0.3) is 0 Å². The van der Waals surface area contributed by atoms with Crippen LogP contribution in [0.3, 0.4) is 0 Å². The Morgan fingerprint density at radius 1 is 1.48 bits per heavy atom. The molecule has 0 bridgehead atoms. The van der Waals surface area contributed by atoms with Crippen molar-refractivity contribution < 1.29 is 8.95 Å². The number of aromatic nitrogens is 1. The van der Waals surface area contributed by atoms with E-state index in [0.717, 1.165) is 29.5 Å². The molecule has 1 aromatic rings. The number of nitrogens with one attached hydrogen (secondary N) is 1. The molecule has 0 amide bonds. The van der Waals surface area contributed by atoms with Crippen LogP contribution in [0, 0.1) is 12.8 Å². The standard InChI is InChI=1S/C16H26N2O2S/c1-11-8-14(12(2)18-21(19)16(3,4)5)17-9-15(11)20-10-13-6-7-13/h8-9,12-13,18H,6-7,10H2,1-5H3. The number of hydrogen-bond donors (Lipinski definition) is 1. The van der Waals surface area contributed by atoms with Crippen LogP contribution in [-0.2, 0) is 11.0 Å². The highest BCUT2D eigenvalue weighted by Crippen LogP contribution is 2.30. The summed E-state index contributed by atoms with van der Waals surface area (Å²) in [6.07, 6.45) is 4.35. The normalized spacial score (nSPS) is 18.3. The molecule has 118 valence electrons. The molecule has 1 aromatic heterocycles. The summed E-state index contributed by atoms with van der Waals surface area (Å²) in [5.74, 6) is 1.59. The fourth-order valence-corrected chi connectivity index (χ4v) is 2.64. The minimum absolute atomic E-state index is 0.0544. The summed E-state index contributed by atoms with van der Waals surface area (Å²) >= 11 is 0. The Balaban J connectivity index is 1.99. The minimum atomic E-state index is -1.10. The molecule has 2 unspecified atom stereocenters. The van der Waals surface area contributed by atoms with Gasteiger partial charge in [0.05, 0.1) is 40.3 Å². The van der Waals surface area contributed by atoms with E-state index in [4.69, 9.17) is 4.74 Å². The highest BCUT2D eigenvalue weighted by Gasteiger charge is 2.23. The van der Waals surface area contributed by atoms with Gasteiger partial charge in [-0.2, -0.15) is 0 Å². The molecule has 1 fully saturated rings. The Bertz CT molecular complexity index is 521. The SMILES string of the molecule is Cc1cc(C(C)NS(=O)C(C)(C)C)ncc1OCC1CC1. The third-order valence-electron chi connectivity index (χ3n) is 3.54. The van der Waals surface area contributed by atoms with Gasteiger partial charge in [-0.1, -0.05) is 0 Å². The number of rotatable bonds is 6. The van der Waals surface area contributed by atoms with Gasteiger partial charge in [-0.25, -0.2) is 8.93 Å². The first-order valence-electron chi connectivity index (χ1n) is 7.54. The van der Waals surface area contributed by atoms with Gasteiger partial charge in [0.2, 0.25) is 0 Å². The van der Waals surface area contributed by atoms with Crippen LogP contribution >= 0.6 is 0 Å². The van der Waals surface area contributed by atoms with Crippen LogP contribution in [0.5, 0.6) is 5.75 Å². The van der Waals surface area contributed by atoms with Gasteiger partial charge in [0, 0.05) is 0 Å². The molecule has 0 aliphatic heterocycles. The summed E-state index contributed by atoms with van der Waals surface area (Å²) < 4.78 is 20.8. The predicted octanol–water partition coefficient (Wildman–Crippen LogP) is 3.29. The molecule has 2 rings (SSSR count). The lowest BCUT2D eigenvalue weighted by molar-refractivity contribution is 0.296. The second-order valence-corrected chi connectivity index (χ2v) is 8.85. The summed E-state index contributed by atoms with van der Waals surface area (Å²) in [7, 11) is -1.10. The van der Waals surface area contributed by atoms with Crippen molar-refractivity contribution in [2.75, 3.05) is 6.61 Å². The van der Waals surface area contributed by atoms with Gasteiger partial charge in [-0.15, -0.1) is 0 Å². The van der Waals surface area contributed by atoms with Crippen molar-refractivity contribution in [3.8, 4) is 5.75 Å². The van der Waals surface area contributed by atoms with Gasteiger partial charge in [0.25, 0.3) is 0 Å². The third-order valence-corrected chi connectivity index (χ3v) is 5.22. The Kier molecular flexibility index (Phi) is 5.04. The third kappa shape index (κ3) is 4.78. The number of nitrogens with zero attached hydrogens (tertiary/aromatic N) is 1. The van der Waals surface area contributed by atoms with E-state index < -0.39 is 11.0 Å². The molecule has 0 aromatic carbocycles. The lowest BCUT2D eigenvalue weighted by atomic mass is 10.1. The molecule has 1 aliphatic rings. The molecule has 21 heavy (non-hydrogen) atoms. The first kappa shape index (κ1) is 16.4. The average molecular weight is 310 g/mol. The van der Waals surface area contributed by atoms with Gasteiger partial charge >= 0.3 is 0 Å². The Morgan fingerprint density at radius 3 is 2.67 bits per heavy atom. The van der Waals surface area contributed by atoms with Crippen LogP contribution in [0.2, 0.25) is 0 Å². The van der Waals surface area contributed by atoms with E-state index in [0.29, 0.717) is 0 Å². The molecule has 1 aliphatic carbocycles. The molecule has 0 radical (unpaired) electrons. The molecule has 0 saturated heterocycles. The molecule has 1 N–H and O–H groups in total. The second kappa shape index (κ2) is 6.44. The molecular weight excluding hydrogens is 284 g/mol. The molecule has 2 atom stereocenters. The van der Waals surface area contributed by atoms with Gasteiger partial charge in [0.15, 0.2) is 0 Å². The average Bonchev–Trinajstić information content (AvgIpc) is 3.20. The van der Waals surface area contributed by atoms with Gasteiger partial charge < -0.3 is 4.74 Å². The van der Waals surface area contributed by atoms with Gasteiger partial charge in [-0.3, -0.25) is 4.98 Å². The summed E-state index contributed by atoms with van der Waals surface area (Å²) in [5.41, 5.74) is 1.97. The highest BCUT2D eigenvalue weighted by molar-refractivity contribution is 7.84. The molecule has 5 heteroatoms. The maximum Gasteiger partial charge on any atom is 0.140 e.